The first-order chi connectivity index (χ1) is 11.3. The summed E-state index contributed by atoms with van der Waals surface area (Å²) in [5, 5.41) is 9.03. The average molecular weight is 420 g/mol. The van der Waals surface area contributed by atoms with Gasteiger partial charge >= 0.3 is 35.8 Å². The van der Waals surface area contributed by atoms with Crippen molar-refractivity contribution in [2.24, 2.45) is 5.92 Å². The molecule has 1 N–H and O–H groups in total. The molecule has 2 nitrogen and oxygen atoms in total. The van der Waals surface area contributed by atoms with Gasteiger partial charge in [0.15, 0.2) is 6.29 Å². The smallest absolute Gasteiger partial charge is 0.367 e. The van der Waals surface area contributed by atoms with E-state index in [0.29, 0.717) is 0 Å². The summed E-state index contributed by atoms with van der Waals surface area (Å²) in [6.45, 7) is -0.502. The third-order valence-corrected chi connectivity index (χ3v) is 3.72. The Morgan fingerprint density at radius 2 is 1.08 bits per heavy atom. The van der Waals surface area contributed by atoms with Crippen LogP contribution in [0.2, 0.25) is 0 Å². The van der Waals surface area contributed by atoms with Gasteiger partial charge in [-0.1, -0.05) is 0 Å². The van der Waals surface area contributed by atoms with Crippen molar-refractivity contribution < 1.29 is 66.9 Å². The minimum atomic E-state index is -7.94. The molecule has 1 rings (SSSR count). The minimum absolute atomic E-state index is 0.502. The van der Waals surface area contributed by atoms with Crippen molar-refractivity contribution in [1.82, 2.24) is 0 Å². The minimum Gasteiger partial charge on any atom is -0.367 e. The van der Waals surface area contributed by atoms with Crippen LogP contribution in [0.15, 0.2) is 0 Å². The molecule has 1 fully saturated rings. The predicted molar refractivity (Wildman–Crippen MR) is 55.5 cm³/mol. The van der Waals surface area contributed by atoms with Crippen LogP contribution in [0.5, 0.6) is 0 Å². The van der Waals surface area contributed by atoms with Crippen molar-refractivity contribution >= 4 is 0 Å². The van der Waals surface area contributed by atoms with Crippen LogP contribution in [0.25, 0.3) is 0 Å². The predicted octanol–water partition coefficient (Wildman–Crippen LogP) is 4.47. The quantitative estimate of drug-likeness (QED) is 0.666. The SMILES string of the molecule is OC1OCCCC1C(F)(F)C(F)(F)C(F)(F)C(F)(F)C(F)(F)C(F)(F)F. The number of aliphatic hydroxyl groups is 1. The van der Waals surface area contributed by atoms with E-state index in [-0.39, 0.29) is 0 Å². The molecule has 0 aliphatic carbocycles. The highest BCUT2D eigenvalue weighted by atomic mass is 19.4. The van der Waals surface area contributed by atoms with Gasteiger partial charge in [0.2, 0.25) is 0 Å². The molecular formula is C11H9F13O2. The number of aliphatic hydroxyl groups excluding tert-OH is 1. The van der Waals surface area contributed by atoms with Crippen LogP contribution >= 0.6 is 0 Å². The molecule has 2 atom stereocenters. The van der Waals surface area contributed by atoms with Crippen LogP contribution in [0.1, 0.15) is 12.8 Å². The van der Waals surface area contributed by atoms with Gasteiger partial charge in [0.25, 0.3) is 0 Å². The van der Waals surface area contributed by atoms with E-state index in [2.05, 4.69) is 4.74 Å². The van der Waals surface area contributed by atoms with Crippen molar-refractivity contribution in [1.29, 1.82) is 0 Å². The third-order valence-electron chi connectivity index (χ3n) is 3.72. The van der Waals surface area contributed by atoms with Crippen LogP contribution in [0.4, 0.5) is 57.1 Å². The number of alkyl halides is 13. The van der Waals surface area contributed by atoms with E-state index in [0.717, 1.165) is 0 Å². The number of hydrogen-bond acceptors (Lipinski definition) is 2. The van der Waals surface area contributed by atoms with Gasteiger partial charge in [-0.05, 0) is 12.8 Å². The molecule has 1 aliphatic heterocycles. The topological polar surface area (TPSA) is 29.5 Å². The molecule has 1 aliphatic rings. The molecule has 1 saturated heterocycles. The second-order valence-corrected chi connectivity index (χ2v) is 5.43. The zero-order valence-electron chi connectivity index (χ0n) is 12.0. The summed E-state index contributed by atoms with van der Waals surface area (Å²) in [5.41, 5.74) is 0. The lowest BCUT2D eigenvalue weighted by atomic mass is 9.84. The number of ether oxygens (including phenoxy) is 1. The summed E-state index contributed by atoms with van der Waals surface area (Å²) in [6.07, 6.45) is -12.0. The second kappa shape index (κ2) is 6.27. The van der Waals surface area contributed by atoms with Gasteiger partial charge < -0.3 is 9.84 Å². The van der Waals surface area contributed by atoms with E-state index in [1.54, 1.807) is 0 Å². The van der Waals surface area contributed by atoms with Gasteiger partial charge in [-0.15, -0.1) is 0 Å². The van der Waals surface area contributed by atoms with Crippen molar-refractivity contribution in [3.05, 3.63) is 0 Å². The molecule has 0 spiro atoms. The Hall–Kier alpha value is -0.990. The fourth-order valence-corrected chi connectivity index (χ4v) is 2.14. The maximum Gasteiger partial charge on any atom is 0.460 e. The Labute approximate surface area is 135 Å². The normalized spacial score (nSPS) is 24.7. The van der Waals surface area contributed by atoms with Crippen molar-refractivity contribution in [2.75, 3.05) is 6.61 Å². The first-order valence-corrected chi connectivity index (χ1v) is 6.52. The third kappa shape index (κ3) is 2.99. The Morgan fingerprint density at radius 1 is 0.654 bits per heavy atom. The van der Waals surface area contributed by atoms with E-state index in [1.165, 1.54) is 0 Å². The van der Waals surface area contributed by atoms with Crippen LogP contribution in [-0.4, -0.2) is 53.8 Å². The molecule has 0 aromatic rings. The fourth-order valence-electron chi connectivity index (χ4n) is 2.14. The number of rotatable bonds is 5. The summed E-state index contributed by atoms with van der Waals surface area (Å²) < 4.78 is 172. The van der Waals surface area contributed by atoms with Crippen molar-refractivity contribution in [2.45, 2.75) is 54.9 Å². The highest BCUT2D eigenvalue weighted by Crippen LogP contribution is 2.61. The molecule has 0 aromatic heterocycles. The zero-order chi connectivity index (χ0) is 21.0. The second-order valence-electron chi connectivity index (χ2n) is 5.43. The lowest BCUT2D eigenvalue weighted by molar-refractivity contribution is -0.447. The van der Waals surface area contributed by atoms with E-state index in [9.17, 15) is 57.1 Å². The van der Waals surface area contributed by atoms with Gasteiger partial charge in [0.05, 0.1) is 5.92 Å². The molecule has 0 bridgehead atoms. The highest BCUT2D eigenvalue weighted by molar-refractivity contribution is 5.11. The Morgan fingerprint density at radius 3 is 1.46 bits per heavy atom. The van der Waals surface area contributed by atoms with Crippen LogP contribution in [0.3, 0.4) is 0 Å². The zero-order valence-corrected chi connectivity index (χ0v) is 12.0. The molecule has 26 heavy (non-hydrogen) atoms. The molecule has 0 saturated carbocycles. The molecule has 1 heterocycles. The Bertz CT molecular complexity index is 513. The Kier molecular flexibility index (Phi) is 5.56. The van der Waals surface area contributed by atoms with E-state index in [4.69, 9.17) is 5.11 Å². The van der Waals surface area contributed by atoms with E-state index in [1.807, 2.05) is 0 Å². The summed E-state index contributed by atoms with van der Waals surface area (Å²) in [7, 11) is 0. The molecule has 0 radical (unpaired) electrons. The number of hydrogen-bond donors (Lipinski definition) is 1. The van der Waals surface area contributed by atoms with Crippen molar-refractivity contribution in [3.63, 3.8) is 0 Å². The van der Waals surface area contributed by atoms with E-state index < -0.39 is 67.4 Å². The molecule has 2 unspecified atom stereocenters. The van der Waals surface area contributed by atoms with Gasteiger partial charge in [-0.3, -0.25) is 0 Å². The van der Waals surface area contributed by atoms with E-state index >= 15 is 0 Å². The van der Waals surface area contributed by atoms with Crippen LogP contribution < -0.4 is 0 Å². The lowest BCUT2D eigenvalue weighted by Crippen LogP contribution is -2.71. The molecule has 15 heteroatoms. The summed E-state index contributed by atoms with van der Waals surface area (Å²) in [5.74, 6) is -40.5. The lowest BCUT2D eigenvalue weighted by Gasteiger charge is -2.43. The molecule has 0 amide bonds. The van der Waals surface area contributed by atoms with Crippen molar-refractivity contribution in [3.8, 4) is 0 Å². The average Bonchev–Trinajstić information content (AvgIpc) is 2.45. The fraction of sp³-hybridized carbons (Fsp3) is 1.00. The molecule has 0 aromatic carbocycles. The monoisotopic (exact) mass is 420 g/mol. The van der Waals surface area contributed by atoms with Gasteiger partial charge in [0.1, 0.15) is 0 Å². The first kappa shape index (κ1) is 23.0. The van der Waals surface area contributed by atoms with Gasteiger partial charge in [-0.25, -0.2) is 0 Å². The maximum absolute atomic E-state index is 13.7. The van der Waals surface area contributed by atoms with Gasteiger partial charge in [-0.2, -0.15) is 57.1 Å². The van der Waals surface area contributed by atoms with Gasteiger partial charge in [0, 0.05) is 6.61 Å². The maximum atomic E-state index is 13.7. The summed E-state index contributed by atoms with van der Waals surface area (Å²) in [4.78, 5) is 0. The number of halogens is 13. The summed E-state index contributed by atoms with van der Waals surface area (Å²) in [6, 6.07) is 0. The van der Waals surface area contributed by atoms with Crippen LogP contribution in [0, 0.1) is 5.92 Å². The standard InChI is InChI=1S/C11H9F13O2/c12-6(13,4-2-1-3-26-5(4)25)7(14,15)8(16,17)9(18,19)10(20,21)11(22,23)24/h4-5,25H,1-3H2. The van der Waals surface area contributed by atoms with Crippen LogP contribution in [-0.2, 0) is 4.74 Å². The Balaban J connectivity index is 3.43. The summed E-state index contributed by atoms with van der Waals surface area (Å²) >= 11 is 0. The molecular weight excluding hydrogens is 411 g/mol. The largest absolute Gasteiger partial charge is 0.460 e. The molecule has 156 valence electrons. The highest BCUT2D eigenvalue weighted by Gasteiger charge is 2.91. The first-order valence-electron chi connectivity index (χ1n) is 6.52.